The topological polar surface area (TPSA) is 15.3 Å². The van der Waals surface area contributed by atoms with Crippen molar-refractivity contribution in [3.05, 3.63) is 34.9 Å². The molecule has 2 unspecified atom stereocenters. The van der Waals surface area contributed by atoms with E-state index in [2.05, 4.69) is 49.2 Å². The van der Waals surface area contributed by atoms with Crippen molar-refractivity contribution in [3.63, 3.8) is 0 Å². The number of hydrogen-bond donors (Lipinski definition) is 1. The van der Waals surface area contributed by atoms with E-state index in [1.54, 1.807) is 5.56 Å². The van der Waals surface area contributed by atoms with Crippen LogP contribution in [0.4, 0.5) is 0 Å². The van der Waals surface area contributed by atoms with E-state index in [-0.39, 0.29) is 12.4 Å². The first-order chi connectivity index (χ1) is 9.54. The zero-order valence-electron chi connectivity index (χ0n) is 13.6. The summed E-state index contributed by atoms with van der Waals surface area (Å²) in [6.07, 6.45) is 2.66. The second-order valence-electron chi connectivity index (χ2n) is 7.38. The molecule has 1 aromatic carbocycles. The lowest BCUT2D eigenvalue weighted by Gasteiger charge is -2.29. The standard InChI is InChI=1S/C18H28N2.ClH/c1-14-8-15(2)10-17(9-14)16-4-7-20(11-16)13-18(3)5-6-19-12-18;/h8-10,16,19H,4-7,11-13H2,1-3H3;1H. The van der Waals surface area contributed by atoms with Crippen LogP contribution in [-0.4, -0.2) is 37.6 Å². The van der Waals surface area contributed by atoms with Gasteiger partial charge in [0.2, 0.25) is 0 Å². The van der Waals surface area contributed by atoms with Crippen LogP contribution in [0.2, 0.25) is 0 Å². The first kappa shape index (κ1) is 16.8. The summed E-state index contributed by atoms with van der Waals surface area (Å²) < 4.78 is 0. The number of nitrogens with zero attached hydrogens (tertiary/aromatic N) is 1. The zero-order chi connectivity index (χ0) is 14.2. The molecule has 2 aliphatic heterocycles. The van der Waals surface area contributed by atoms with E-state index in [4.69, 9.17) is 0 Å². The van der Waals surface area contributed by atoms with Crippen molar-refractivity contribution in [2.24, 2.45) is 5.41 Å². The maximum Gasteiger partial charge on any atom is 0.00510 e. The third-order valence-electron chi connectivity index (χ3n) is 5.05. The fourth-order valence-corrected chi connectivity index (χ4v) is 4.04. The predicted octanol–water partition coefficient (Wildman–Crippen LogP) is 3.51. The number of likely N-dealkylation sites (tertiary alicyclic amines) is 1. The van der Waals surface area contributed by atoms with Crippen LogP contribution in [0, 0.1) is 19.3 Å². The minimum absolute atomic E-state index is 0. The van der Waals surface area contributed by atoms with Crippen LogP contribution in [0.15, 0.2) is 18.2 Å². The third-order valence-corrected chi connectivity index (χ3v) is 5.05. The van der Waals surface area contributed by atoms with Crippen molar-refractivity contribution in [1.82, 2.24) is 10.2 Å². The second-order valence-corrected chi connectivity index (χ2v) is 7.38. The van der Waals surface area contributed by atoms with E-state index in [1.807, 2.05) is 0 Å². The minimum atomic E-state index is 0. The lowest BCUT2D eigenvalue weighted by Crippen LogP contribution is -2.36. The Balaban J connectivity index is 0.00000161. The molecule has 2 nitrogen and oxygen atoms in total. The average molecular weight is 309 g/mol. The molecule has 0 amide bonds. The number of benzene rings is 1. The predicted molar refractivity (Wildman–Crippen MR) is 92.6 cm³/mol. The summed E-state index contributed by atoms with van der Waals surface area (Å²) in [5, 5.41) is 3.52. The fraction of sp³-hybridized carbons (Fsp3) is 0.667. The van der Waals surface area contributed by atoms with Crippen molar-refractivity contribution in [2.75, 3.05) is 32.7 Å². The quantitative estimate of drug-likeness (QED) is 0.919. The molecule has 3 heteroatoms. The van der Waals surface area contributed by atoms with Crippen molar-refractivity contribution >= 4 is 12.4 Å². The number of halogens is 1. The Hall–Kier alpha value is -0.570. The lowest BCUT2D eigenvalue weighted by atomic mass is 9.89. The number of hydrogen-bond acceptors (Lipinski definition) is 2. The highest BCUT2D eigenvalue weighted by Crippen LogP contribution is 2.32. The van der Waals surface area contributed by atoms with Crippen molar-refractivity contribution in [3.8, 4) is 0 Å². The molecule has 118 valence electrons. The molecule has 2 fully saturated rings. The summed E-state index contributed by atoms with van der Waals surface area (Å²) in [6.45, 7) is 13.1. The monoisotopic (exact) mass is 308 g/mol. The van der Waals surface area contributed by atoms with Crippen LogP contribution in [0.3, 0.4) is 0 Å². The van der Waals surface area contributed by atoms with Crippen LogP contribution < -0.4 is 5.32 Å². The Morgan fingerprint density at radius 3 is 2.57 bits per heavy atom. The van der Waals surface area contributed by atoms with E-state index in [0.717, 1.165) is 5.92 Å². The first-order valence-corrected chi connectivity index (χ1v) is 8.05. The molecule has 1 aromatic rings. The lowest BCUT2D eigenvalue weighted by molar-refractivity contribution is 0.207. The van der Waals surface area contributed by atoms with Crippen LogP contribution in [0.5, 0.6) is 0 Å². The van der Waals surface area contributed by atoms with Gasteiger partial charge in [-0.1, -0.05) is 36.2 Å². The number of rotatable bonds is 3. The smallest absolute Gasteiger partial charge is 0.00510 e. The Kier molecular flexibility index (Phi) is 5.34. The number of aryl methyl sites for hydroxylation is 2. The molecule has 21 heavy (non-hydrogen) atoms. The third kappa shape index (κ3) is 4.00. The molecule has 2 aliphatic rings. The molecule has 1 N–H and O–H groups in total. The maximum absolute atomic E-state index is 3.52. The Morgan fingerprint density at radius 1 is 1.24 bits per heavy atom. The van der Waals surface area contributed by atoms with E-state index in [1.165, 1.54) is 56.7 Å². The molecule has 0 spiro atoms. The van der Waals surface area contributed by atoms with Crippen LogP contribution in [0.25, 0.3) is 0 Å². The average Bonchev–Trinajstić information content (AvgIpc) is 2.98. The SMILES string of the molecule is Cc1cc(C)cc(C2CCN(CC3(C)CCNC3)C2)c1.Cl. The Morgan fingerprint density at radius 2 is 1.95 bits per heavy atom. The van der Waals surface area contributed by atoms with E-state index < -0.39 is 0 Å². The van der Waals surface area contributed by atoms with Gasteiger partial charge in [0.25, 0.3) is 0 Å². The summed E-state index contributed by atoms with van der Waals surface area (Å²) in [4.78, 5) is 2.69. The highest BCUT2D eigenvalue weighted by Gasteiger charge is 2.33. The molecule has 0 saturated carbocycles. The summed E-state index contributed by atoms with van der Waals surface area (Å²) in [5.74, 6) is 0.742. The molecular formula is C18H29ClN2. The molecule has 2 heterocycles. The van der Waals surface area contributed by atoms with Crippen molar-refractivity contribution in [1.29, 1.82) is 0 Å². The normalized spacial score (nSPS) is 29.6. The molecule has 2 saturated heterocycles. The molecule has 0 radical (unpaired) electrons. The highest BCUT2D eigenvalue weighted by atomic mass is 35.5. The summed E-state index contributed by atoms with van der Waals surface area (Å²) in [7, 11) is 0. The van der Waals surface area contributed by atoms with Gasteiger partial charge in [-0.15, -0.1) is 12.4 Å². The van der Waals surface area contributed by atoms with E-state index >= 15 is 0 Å². The van der Waals surface area contributed by atoms with E-state index in [0.29, 0.717) is 5.41 Å². The van der Waals surface area contributed by atoms with Crippen LogP contribution >= 0.6 is 12.4 Å². The first-order valence-electron chi connectivity index (χ1n) is 8.05. The summed E-state index contributed by atoms with van der Waals surface area (Å²) >= 11 is 0. The molecule has 2 atom stereocenters. The van der Waals surface area contributed by atoms with Gasteiger partial charge in [-0.2, -0.15) is 0 Å². The maximum atomic E-state index is 3.52. The van der Waals surface area contributed by atoms with Crippen LogP contribution in [0.1, 0.15) is 42.4 Å². The van der Waals surface area contributed by atoms with Gasteiger partial charge in [0, 0.05) is 19.6 Å². The molecule has 0 bridgehead atoms. The second kappa shape index (κ2) is 6.68. The van der Waals surface area contributed by atoms with Crippen LogP contribution in [-0.2, 0) is 0 Å². The van der Waals surface area contributed by atoms with E-state index in [9.17, 15) is 0 Å². The van der Waals surface area contributed by atoms with Crippen molar-refractivity contribution < 1.29 is 0 Å². The molecule has 0 aliphatic carbocycles. The molecule has 3 rings (SSSR count). The summed E-state index contributed by atoms with van der Waals surface area (Å²) in [6, 6.07) is 7.06. The zero-order valence-corrected chi connectivity index (χ0v) is 14.4. The highest BCUT2D eigenvalue weighted by molar-refractivity contribution is 5.85. The molecular weight excluding hydrogens is 280 g/mol. The van der Waals surface area contributed by atoms with Gasteiger partial charge >= 0.3 is 0 Å². The van der Waals surface area contributed by atoms with Gasteiger partial charge < -0.3 is 10.2 Å². The van der Waals surface area contributed by atoms with Gasteiger partial charge in [0.05, 0.1) is 0 Å². The van der Waals surface area contributed by atoms with Gasteiger partial charge in [0.15, 0.2) is 0 Å². The Bertz CT molecular complexity index is 460. The fourth-order valence-electron chi connectivity index (χ4n) is 4.04. The van der Waals surface area contributed by atoms with Crippen molar-refractivity contribution in [2.45, 2.75) is 39.5 Å². The Labute approximate surface area is 135 Å². The minimum Gasteiger partial charge on any atom is -0.316 e. The van der Waals surface area contributed by atoms with Gasteiger partial charge in [-0.3, -0.25) is 0 Å². The molecule has 0 aromatic heterocycles. The number of nitrogens with one attached hydrogen (secondary N) is 1. The van der Waals surface area contributed by atoms with Gasteiger partial charge in [0.1, 0.15) is 0 Å². The van der Waals surface area contributed by atoms with Gasteiger partial charge in [-0.25, -0.2) is 0 Å². The largest absolute Gasteiger partial charge is 0.316 e. The van der Waals surface area contributed by atoms with Gasteiger partial charge in [-0.05, 0) is 56.7 Å². The summed E-state index contributed by atoms with van der Waals surface area (Å²) in [5.41, 5.74) is 4.87.